The first-order chi connectivity index (χ1) is 17.3. The summed E-state index contributed by atoms with van der Waals surface area (Å²) in [5.41, 5.74) is 1.55. The molecule has 0 N–H and O–H groups in total. The molecule has 0 radical (unpaired) electrons. The average molecular weight is 511 g/mol. The van der Waals surface area contributed by atoms with Crippen LogP contribution in [0.5, 0.6) is 5.75 Å². The maximum atomic E-state index is 14.4. The molecular formula is C28H25ClF2N2O3. The van der Waals surface area contributed by atoms with Gasteiger partial charge in [0.05, 0.1) is 19.2 Å². The largest absolute Gasteiger partial charge is 0.497 e. The third kappa shape index (κ3) is 4.38. The summed E-state index contributed by atoms with van der Waals surface area (Å²) in [5, 5.41) is 0.552. The maximum Gasteiger partial charge on any atom is 0.261 e. The van der Waals surface area contributed by atoms with Gasteiger partial charge in [-0.15, -0.1) is 0 Å². The van der Waals surface area contributed by atoms with Gasteiger partial charge in [0.25, 0.3) is 5.91 Å². The summed E-state index contributed by atoms with van der Waals surface area (Å²) in [5.74, 6) is -2.06. The number of Topliss-reactive ketones (excluding diaryl/α,β-unsaturated/α-hetero) is 1. The molecule has 0 unspecified atom stereocenters. The summed E-state index contributed by atoms with van der Waals surface area (Å²) in [6.45, 7) is 1.95. The molecule has 5 nitrogen and oxygen atoms in total. The van der Waals surface area contributed by atoms with Gasteiger partial charge in [-0.05, 0) is 86.1 Å². The van der Waals surface area contributed by atoms with E-state index in [0.717, 1.165) is 11.6 Å². The Bertz CT molecular complexity index is 1320. The molecule has 1 saturated heterocycles. The highest BCUT2D eigenvalue weighted by Gasteiger charge is 2.47. The number of ketones is 1. The van der Waals surface area contributed by atoms with Crippen LogP contribution in [0.15, 0.2) is 60.7 Å². The molecular weight excluding hydrogens is 486 g/mol. The number of nitrogens with zero attached hydrogens (tertiary/aromatic N) is 2. The smallest absolute Gasteiger partial charge is 0.261 e. The fraction of sp³-hybridized carbons (Fsp3) is 0.286. The first kappa shape index (κ1) is 24.4. The average Bonchev–Trinajstić information content (AvgIpc) is 3.19. The zero-order valence-corrected chi connectivity index (χ0v) is 20.5. The molecule has 1 fully saturated rings. The van der Waals surface area contributed by atoms with E-state index in [-0.39, 0.29) is 16.8 Å². The van der Waals surface area contributed by atoms with Crippen molar-refractivity contribution in [1.29, 1.82) is 0 Å². The van der Waals surface area contributed by atoms with Crippen LogP contribution in [0.4, 0.5) is 14.5 Å². The van der Waals surface area contributed by atoms with Gasteiger partial charge in [-0.2, -0.15) is 0 Å². The zero-order valence-electron chi connectivity index (χ0n) is 19.8. The van der Waals surface area contributed by atoms with Gasteiger partial charge in [0.1, 0.15) is 5.75 Å². The number of carbonyl (C=O) groups is 2. The molecule has 0 atom stereocenters. The van der Waals surface area contributed by atoms with Crippen molar-refractivity contribution in [1.82, 2.24) is 4.90 Å². The minimum atomic E-state index is -1.15. The molecule has 36 heavy (non-hydrogen) atoms. The predicted molar refractivity (Wildman–Crippen MR) is 134 cm³/mol. The molecule has 0 aliphatic carbocycles. The Kier molecular flexibility index (Phi) is 6.53. The molecule has 2 heterocycles. The lowest BCUT2D eigenvalue weighted by molar-refractivity contribution is 0.0881. The zero-order chi connectivity index (χ0) is 25.4. The Labute approximate surface area is 213 Å². The van der Waals surface area contributed by atoms with E-state index < -0.39 is 17.5 Å². The van der Waals surface area contributed by atoms with Crippen molar-refractivity contribution < 1.29 is 23.1 Å². The van der Waals surface area contributed by atoms with Crippen LogP contribution in [0.25, 0.3) is 0 Å². The first-order valence-electron chi connectivity index (χ1n) is 11.8. The highest BCUT2D eigenvalue weighted by molar-refractivity contribution is 6.30. The molecule has 0 bridgehead atoms. The summed E-state index contributed by atoms with van der Waals surface area (Å²) in [6.07, 6.45) is 1.40. The molecule has 3 aromatic rings. The molecule has 2 aliphatic heterocycles. The molecule has 0 saturated carbocycles. The van der Waals surface area contributed by atoms with Gasteiger partial charge in [0.2, 0.25) is 0 Å². The number of benzene rings is 3. The Morgan fingerprint density at radius 2 is 1.75 bits per heavy atom. The highest BCUT2D eigenvalue weighted by Crippen LogP contribution is 2.48. The SMILES string of the molecule is COc1ccc(C(=O)CN2CCC3(CC2)CN(C(=O)c2cccc(F)c2F)c2ccc(Cl)cc23)cc1. The Morgan fingerprint density at radius 3 is 2.44 bits per heavy atom. The number of hydrogen-bond donors (Lipinski definition) is 0. The number of methoxy groups -OCH3 is 1. The van der Waals surface area contributed by atoms with Crippen LogP contribution in [0, 0.1) is 11.6 Å². The second-order valence-corrected chi connectivity index (χ2v) is 9.80. The number of anilines is 1. The van der Waals surface area contributed by atoms with Crippen LogP contribution in [-0.2, 0) is 5.41 Å². The molecule has 3 aromatic carbocycles. The van der Waals surface area contributed by atoms with Crippen LogP contribution >= 0.6 is 11.6 Å². The van der Waals surface area contributed by atoms with Crippen molar-refractivity contribution in [2.75, 3.05) is 38.2 Å². The van der Waals surface area contributed by atoms with Crippen LogP contribution in [0.1, 0.15) is 39.1 Å². The van der Waals surface area contributed by atoms with E-state index in [9.17, 15) is 18.4 Å². The summed E-state index contributed by atoms with van der Waals surface area (Å²) in [6, 6.07) is 16.0. The number of amides is 1. The van der Waals surface area contributed by atoms with Gasteiger partial charge >= 0.3 is 0 Å². The molecule has 1 amide bonds. The highest BCUT2D eigenvalue weighted by atomic mass is 35.5. The van der Waals surface area contributed by atoms with Gasteiger partial charge in [-0.1, -0.05) is 17.7 Å². The summed E-state index contributed by atoms with van der Waals surface area (Å²) < 4.78 is 33.4. The number of piperidine rings is 1. The van der Waals surface area contributed by atoms with E-state index in [4.69, 9.17) is 16.3 Å². The molecule has 2 aliphatic rings. The predicted octanol–water partition coefficient (Wildman–Crippen LogP) is 5.50. The van der Waals surface area contributed by atoms with Gasteiger partial charge in [0, 0.05) is 28.2 Å². The number of carbonyl (C=O) groups excluding carboxylic acids is 2. The second-order valence-electron chi connectivity index (χ2n) is 9.36. The van der Waals surface area contributed by atoms with Gasteiger partial charge in [-0.3, -0.25) is 14.5 Å². The van der Waals surface area contributed by atoms with Crippen molar-refractivity contribution in [3.05, 3.63) is 94.0 Å². The third-order valence-electron chi connectivity index (χ3n) is 7.30. The topological polar surface area (TPSA) is 49.9 Å². The standard InChI is InChI=1S/C28H25ClF2N2O3/c1-36-20-8-5-18(6-9-20)25(34)16-32-13-11-28(12-14-32)17-33(24-10-7-19(29)15-22(24)28)27(35)21-3-2-4-23(30)26(21)31/h2-10,15H,11-14,16-17H2,1H3. The van der Waals surface area contributed by atoms with Crippen LogP contribution < -0.4 is 9.64 Å². The van der Waals surface area contributed by atoms with E-state index in [0.29, 0.717) is 61.0 Å². The van der Waals surface area contributed by atoms with Crippen molar-refractivity contribution in [3.8, 4) is 5.75 Å². The van der Waals surface area contributed by atoms with Crippen molar-refractivity contribution >= 4 is 29.0 Å². The van der Waals surface area contributed by atoms with Crippen LogP contribution in [0.2, 0.25) is 5.02 Å². The number of hydrogen-bond acceptors (Lipinski definition) is 4. The normalized spacial score (nSPS) is 16.7. The van der Waals surface area contributed by atoms with Crippen LogP contribution in [0.3, 0.4) is 0 Å². The van der Waals surface area contributed by atoms with Crippen molar-refractivity contribution in [2.24, 2.45) is 0 Å². The summed E-state index contributed by atoms with van der Waals surface area (Å²) in [4.78, 5) is 29.8. The van der Waals surface area contributed by atoms with Gasteiger partial charge < -0.3 is 9.64 Å². The monoisotopic (exact) mass is 510 g/mol. The molecule has 8 heteroatoms. The van der Waals surface area contributed by atoms with Gasteiger partial charge in [0.15, 0.2) is 17.4 Å². The second kappa shape index (κ2) is 9.64. The summed E-state index contributed by atoms with van der Waals surface area (Å²) >= 11 is 6.33. The number of likely N-dealkylation sites (tertiary alicyclic amines) is 1. The Morgan fingerprint density at radius 1 is 1.03 bits per heavy atom. The number of halogens is 3. The molecule has 1 spiro atoms. The van der Waals surface area contributed by atoms with E-state index >= 15 is 0 Å². The van der Waals surface area contributed by atoms with Gasteiger partial charge in [-0.25, -0.2) is 8.78 Å². The van der Waals surface area contributed by atoms with E-state index in [1.807, 2.05) is 6.07 Å². The fourth-order valence-electron chi connectivity index (χ4n) is 5.27. The quantitative estimate of drug-likeness (QED) is 0.425. The fourth-order valence-corrected chi connectivity index (χ4v) is 5.45. The number of fused-ring (bicyclic) bond motifs is 2. The third-order valence-corrected chi connectivity index (χ3v) is 7.54. The maximum absolute atomic E-state index is 14.4. The Balaban J connectivity index is 1.34. The lowest BCUT2D eigenvalue weighted by Crippen LogP contribution is -2.47. The lowest BCUT2D eigenvalue weighted by atomic mass is 9.74. The van der Waals surface area contributed by atoms with E-state index in [1.54, 1.807) is 43.5 Å². The van der Waals surface area contributed by atoms with Crippen molar-refractivity contribution in [3.63, 3.8) is 0 Å². The summed E-state index contributed by atoms with van der Waals surface area (Å²) in [7, 11) is 1.58. The van der Waals surface area contributed by atoms with Crippen molar-refractivity contribution in [2.45, 2.75) is 18.3 Å². The molecule has 5 rings (SSSR count). The minimum absolute atomic E-state index is 0.0295. The number of rotatable bonds is 5. The first-order valence-corrected chi connectivity index (χ1v) is 12.1. The Hall–Kier alpha value is -3.29. The van der Waals surface area contributed by atoms with Crippen LogP contribution in [-0.4, -0.2) is 49.9 Å². The number of ether oxygens (including phenoxy) is 1. The van der Waals surface area contributed by atoms with E-state index in [2.05, 4.69) is 4.90 Å². The van der Waals surface area contributed by atoms with E-state index in [1.165, 1.54) is 17.0 Å². The minimum Gasteiger partial charge on any atom is -0.497 e. The molecule has 0 aromatic heterocycles. The molecule has 186 valence electrons. The lowest BCUT2D eigenvalue weighted by Gasteiger charge is -2.39.